The van der Waals surface area contributed by atoms with Crippen LogP contribution in [0.5, 0.6) is 0 Å². The molecule has 2 fully saturated rings. The van der Waals surface area contributed by atoms with Gasteiger partial charge < -0.3 is 4.90 Å². The molecule has 0 amide bonds. The van der Waals surface area contributed by atoms with Crippen molar-refractivity contribution in [1.82, 2.24) is 29.6 Å². The van der Waals surface area contributed by atoms with Crippen LogP contribution in [-0.4, -0.2) is 55.2 Å². The van der Waals surface area contributed by atoms with E-state index in [-0.39, 0.29) is 12.5 Å². The first-order chi connectivity index (χ1) is 16.9. The standard InChI is InChI=1S/C24H25ClF3N7/c25-18-3-4-20-16(9-18)12-33(14-24(27,28)17-1-2-17)13-21-31-32-22(35(20)21)15-5-7-34(8-6-15)23-29-10-19(26)11-30-23/h3-4,9-11,15,17H,1-2,5-8,12-14H2. The number of aromatic nitrogens is 5. The fraction of sp³-hybridized carbons (Fsp3) is 0.500. The molecule has 0 atom stereocenters. The molecule has 0 bridgehead atoms. The van der Waals surface area contributed by atoms with Gasteiger partial charge in [0, 0.05) is 36.5 Å². The van der Waals surface area contributed by atoms with Crippen LogP contribution in [0.1, 0.15) is 48.8 Å². The zero-order valence-electron chi connectivity index (χ0n) is 19.0. The number of alkyl halides is 2. The van der Waals surface area contributed by atoms with Crippen molar-refractivity contribution in [3.05, 3.63) is 58.6 Å². The molecule has 0 N–H and O–H groups in total. The highest BCUT2D eigenvalue weighted by Crippen LogP contribution is 2.44. The lowest BCUT2D eigenvalue weighted by Crippen LogP contribution is -2.37. The van der Waals surface area contributed by atoms with Crippen molar-refractivity contribution in [1.29, 1.82) is 0 Å². The summed E-state index contributed by atoms with van der Waals surface area (Å²) < 4.78 is 44.6. The summed E-state index contributed by atoms with van der Waals surface area (Å²) in [5.74, 6) is -1.55. The second-order valence-corrected chi connectivity index (χ2v) is 10.2. The highest BCUT2D eigenvalue weighted by Gasteiger charge is 2.48. The molecule has 7 nitrogen and oxygen atoms in total. The second kappa shape index (κ2) is 8.74. The van der Waals surface area contributed by atoms with E-state index in [2.05, 4.69) is 20.2 Å². The minimum Gasteiger partial charge on any atom is -0.341 e. The number of anilines is 1. The van der Waals surface area contributed by atoms with E-state index >= 15 is 0 Å². The third-order valence-electron chi connectivity index (χ3n) is 7.16. The van der Waals surface area contributed by atoms with Crippen molar-refractivity contribution in [2.45, 2.75) is 50.6 Å². The van der Waals surface area contributed by atoms with Crippen LogP contribution in [0.25, 0.3) is 5.69 Å². The lowest BCUT2D eigenvalue weighted by molar-refractivity contribution is -0.0558. The Bertz CT molecular complexity index is 1220. The number of hydrogen-bond donors (Lipinski definition) is 0. The zero-order chi connectivity index (χ0) is 24.2. The van der Waals surface area contributed by atoms with Crippen molar-refractivity contribution in [3.8, 4) is 5.69 Å². The predicted octanol–water partition coefficient (Wildman–Crippen LogP) is 4.59. The molecule has 1 aliphatic carbocycles. The average Bonchev–Trinajstić information content (AvgIpc) is 3.64. The molecule has 1 saturated heterocycles. The fourth-order valence-corrected chi connectivity index (χ4v) is 5.40. The topological polar surface area (TPSA) is 63.0 Å². The highest BCUT2D eigenvalue weighted by molar-refractivity contribution is 6.30. The van der Waals surface area contributed by atoms with Gasteiger partial charge in [0.05, 0.1) is 31.2 Å². The van der Waals surface area contributed by atoms with Gasteiger partial charge in [0.2, 0.25) is 5.95 Å². The molecule has 11 heteroatoms. The Morgan fingerprint density at radius 3 is 2.46 bits per heavy atom. The molecule has 4 heterocycles. The van der Waals surface area contributed by atoms with Gasteiger partial charge in [-0.3, -0.25) is 9.47 Å². The monoisotopic (exact) mass is 503 g/mol. The number of rotatable bonds is 5. The van der Waals surface area contributed by atoms with Gasteiger partial charge in [0.1, 0.15) is 5.82 Å². The number of halogens is 4. The van der Waals surface area contributed by atoms with Crippen LogP contribution >= 0.6 is 11.6 Å². The van der Waals surface area contributed by atoms with Crippen molar-refractivity contribution < 1.29 is 13.2 Å². The molecular weight excluding hydrogens is 479 g/mol. The molecule has 1 saturated carbocycles. The SMILES string of the molecule is Fc1cnc(N2CCC(c3nnc4n3-c3ccc(Cl)cc3CN(CC(F)(F)C3CC3)C4)CC2)nc1. The maximum atomic E-state index is 14.7. The van der Waals surface area contributed by atoms with E-state index in [1.54, 1.807) is 4.90 Å². The summed E-state index contributed by atoms with van der Waals surface area (Å²) in [5, 5.41) is 9.57. The second-order valence-electron chi connectivity index (χ2n) is 9.73. The van der Waals surface area contributed by atoms with Crippen molar-refractivity contribution >= 4 is 17.5 Å². The molecule has 35 heavy (non-hydrogen) atoms. The highest BCUT2D eigenvalue weighted by atomic mass is 35.5. The maximum Gasteiger partial charge on any atom is 0.263 e. The van der Waals surface area contributed by atoms with Gasteiger partial charge in [-0.15, -0.1) is 10.2 Å². The Labute approximate surface area is 205 Å². The predicted molar refractivity (Wildman–Crippen MR) is 124 cm³/mol. The smallest absolute Gasteiger partial charge is 0.263 e. The summed E-state index contributed by atoms with van der Waals surface area (Å²) in [7, 11) is 0. The largest absolute Gasteiger partial charge is 0.341 e. The summed E-state index contributed by atoms with van der Waals surface area (Å²) in [6.45, 7) is 1.77. The molecule has 0 unspecified atom stereocenters. The minimum atomic E-state index is -2.72. The Kier molecular flexibility index (Phi) is 5.68. The van der Waals surface area contributed by atoms with Crippen molar-refractivity contribution in [2.75, 3.05) is 24.5 Å². The van der Waals surface area contributed by atoms with E-state index in [0.717, 1.165) is 29.9 Å². The summed E-state index contributed by atoms with van der Waals surface area (Å²) in [5.41, 5.74) is 1.78. The van der Waals surface area contributed by atoms with Gasteiger partial charge in [-0.25, -0.2) is 23.1 Å². The molecule has 0 spiro atoms. The van der Waals surface area contributed by atoms with Crippen molar-refractivity contribution in [2.24, 2.45) is 5.92 Å². The first-order valence-electron chi connectivity index (χ1n) is 11.9. The number of nitrogens with zero attached hydrogens (tertiary/aromatic N) is 7. The number of hydrogen-bond acceptors (Lipinski definition) is 6. The van der Waals surface area contributed by atoms with Crippen LogP contribution in [0.3, 0.4) is 0 Å². The van der Waals surface area contributed by atoms with E-state index in [1.807, 2.05) is 27.7 Å². The van der Waals surface area contributed by atoms with Gasteiger partial charge in [0.15, 0.2) is 11.6 Å². The van der Waals surface area contributed by atoms with Crippen molar-refractivity contribution in [3.63, 3.8) is 0 Å². The number of benzene rings is 1. The molecule has 1 aromatic carbocycles. The van der Waals surface area contributed by atoms with E-state index in [4.69, 9.17) is 11.6 Å². The number of piperidine rings is 1. The van der Waals surface area contributed by atoms with Crippen LogP contribution < -0.4 is 4.90 Å². The van der Waals surface area contributed by atoms with Gasteiger partial charge in [-0.2, -0.15) is 0 Å². The van der Waals surface area contributed by atoms with Gasteiger partial charge in [-0.1, -0.05) is 11.6 Å². The summed E-state index contributed by atoms with van der Waals surface area (Å²) in [6.07, 6.45) is 5.12. The average molecular weight is 504 g/mol. The number of fused-ring (bicyclic) bond motifs is 3. The summed E-state index contributed by atoms with van der Waals surface area (Å²) in [6, 6.07) is 5.60. The molecule has 2 aromatic heterocycles. The molecule has 3 aromatic rings. The van der Waals surface area contributed by atoms with Crippen LogP contribution in [-0.2, 0) is 13.1 Å². The maximum absolute atomic E-state index is 14.7. The molecule has 0 radical (unpaired) electrons. The Morgan fingerprint density at radius 2 is 1.74 bits per heavy atom. The third-order valence-corrected chi connectivity index (χ3v) is 7.39. The van der Waals surface area contributed by atoms with Crippen LogP contribution in [0, 0.1) is 11.7 Å². The molecular formula is C24H25ClF3N7. The molecule has 2 aliphatic heterocycles. The zero-order valence-corrected chi connectivity index (χ0v) is 19.8. The Morgan fingerprint density at radius 1 is 1.00 bits per heavy atom. The molecule has 6 rings (SSSR count). The first kappa shape index (κ1) is 22.7. The normalized spacial score (nSPS) is 19.4. The lowest BCUT2D eigenvalue weighted by Gasteiger charge is -2.31. The van der Waals surface area contributed by atoms with E-state index in [9.17, 15) is 13.2 Å². The van der Waals surface area contributed by atoms with Gasteiger partial charge in [-0.05, 0) is 49.4 Å². The molecule has 3 aliphatic rings. The van der Waals surface area contributed by atoms with E-state index in [0.29, 0.717) is 55.8 Å². The van der Waals surface area contributed by atoms with Crippen LogP contribution in [0.2, 0.25) is 5.02 Å². The van der Waals surface area contributed by atoms with Crippen LogP contribution in [0.4, 0.5) is 19.1 Å². The summed E-state index contributed by atoms with van der Waals surface area (Å²) in [4.78, 5) is 12.0. The molecule has 184 valence electrons. The third kappa shape index (κ3) is 4.49. The quantitative estimate of drug-likeness (QED) is 0.507. The van der Waals surface area contributed by atoms with Gasteiger partial charge in [0.25, 0.3) is 5.92 Å². The van der Waals surface area contributed by atoms with Gasteiger partial charge >= 0.3 is 0 Å². The Hall–Kier alpha value is -2.72. The van der Waals surface area contributed by atoms with Crippen LogP contribution in [0.15, 0.2) is 30.6 Å². The lowest BCUT2D eigenvalue weighted by atomic mass is 9.95. The summed E-state index contributed by atoms with van der Waals surface area (Å²) >= 11 is 6.30. The minimum absolute atomic E-state index is 0.135. The van der Waals surface area contributed by atoms with E-state index in [1.165, 1.54) is 12.4 Å². The Balaban J connectivity index is 1.27. The van der Waals surface area contributed by atoms with E-state index < -0.39 is 17.7 Å². The fourth-order valence-electron chi connectivity index (χ4n) is 5.21. The first-order valence-corrected chi connectivity index (χ1v) is 12.3.